The van der Waals surface area contributed by atoms with E-state index < -0.39 is 0 Å². The fraction of sp³-hybridized carbons (Fsp3) is 0.833. The maximum Gasteiger partial charge on any atom is 0.223 e. The largest absolute Gasteiger partial charge is 0.343 e. The Bertz CT molecular complexity index is 232. The molecule has 1 saturated carbocycles. The molecule has 0 atom stereocenters. The molecule has 0 aromatic rings. The van der Waals surface area contributed by atoms with Gasteiger partial charge in [0.05, 0.1) is 0 Å². The van der Waals surface area contributed by atoms with Gasteiger partial charge in [0, 0.05) is 25.9 Å². The van der Waals surface area contributed by atoms with E-state index in [1.54, 1.807) is 0 Å². The van der Waals surface area contributed by atoms with Gasteiger partial charge < -0.3 is 9.69 Å². The molecule has 3 heteroatoms. The van der Waals surface area contributed by atoms with Gasteiger partial charge in [-0.25, -0.2) is 0 Å². The number of hydrogen-bond donors (Lipinski definition) is 0. The molecule has 1 aliphatic rings. The minimum absolute atomic E-state index is 0.0976. The van der Waals surface area contributed by atoms with Gasteiger partial charge in [-0.1, -0.05) is 19.3 Å². The van der Waals surface area contributed by atoms with Crippen molar-refractivity contribution < 1.29 is 9.59 Å². The third kappa shape index (κ3) is 4.02. The second kappa shape index (κ2) is 5.89. The number of carbonyl (C=O) groups is 2. The summed E-state index contributed by atoms with van der Waals surface area (Å²) in [5.74, 6) is 0.220. The van der Waals surface area contributed by atoms with Crippen LogP contribution in [0.15, 0.2) is 0 Å². The molecule has 15 heavy (non-hydrogen) atoms. The first-order valence-corrected chi connectivity index (χ1v) is 5.86. The van der Waals surface area contributed by atoms with Crippen molar-refractivity contribution >= 4 is 11.7 Å². The minimum Gasteiger partial charge on any atom is -0.343 e. The van der Waals surface area contributed by atoms with Crippen molar-refractivity contribution in [2.45, 2.75) is 57.9 Å². The third-order valence-electron chi connectivity index (χ3n) is 3.21. The summed E-state index contributed by atoms with van der Waals surface area (Å²) >= 11 is 0. The van der Waals surface area contributed by atoms with Crippen LogP contribution in [-0.2, 0) is 9.59 Å². The monoisotopic (exact) mass is 211 g/mol. The molecule has 0 heterocycles. The molecule has 1 amide bonds. The number of hydrogen-bond acceptors (Lipinski definition) is 2. The average Bonchev–Trinajstić information content (AvgIpc) is 2.26. The van der Waals surface area contributed by atoms with Gasteiger partial charge in [-0.3, -0.25) is 4.79 Å². The molecule has 0 unspecified atom stereocenters. The maximum atomic E-state index is 11.7. The van der Waals surface area contributed by atoms with Crippen molar-refractivity contribution in [1.29, 1.82) is 0 Å². The van der Waals surface area contributed by atoms with E-state index in [0.29, 0.717) is 18.9 Å². The lowest BCUT2D eigenvalue weighted by molar-refractivity contribution is -0.134. The molecule has 0 radical (unpaired) electrons. The second-order valence-electron chi connectivity index (χ2n) is 4.50. The smallest absolute Gasteiger partial charge is 0.223 e. The zero-order chi connectivity index (χ0) is 11.3. The summed E-state index contributed by atoms with van der Waals surface area (Å²) in [7, 11) is 1.87. The van der Waals surface area contributed by atoms with Crippen LogP contribution in [-0.4, -0.2) is 29.7 Å². The second-order valence-corrected chi connectivity index (χ2v) is 4.50. The van der Waals surface area contributed by atoms with Crippen LogP contribution in [0.4, 0.5) is 0 Å². The van der Waals surface area contributed by atoms with Gasteiger partial charge >= 0.3 is 0 Å². The van der Waals surface area contributed by atoms with E-state index >= 15 is 0 Å². The average molecular weight is 211 g/mol. The first-order chi connectivity index (χ1) is 7.11. The summed E-state index contributed by atoms with van der Waals surface area (Å²) in [5, 5.41) is 0. The fourth-order valence-corrected chi connectivity index (χ4v) is 2.13. The summed E-state index contributed by atoms with van der Waals surface area (Å²) in [5.41, 5.74) is 0. The van der Waals surface area contributed by atoms with Gasteiger partial charge in [0.2, 0.25) is 5.91 Å². The lowest BCUT2D eigenvalue weighted by Crippen LogP contribution is -2.38. The SMILES string of the molecule is CC(=O)CCC(=O)N(C)C1CCCCC1. The predicted molar refractivity (Wildman–Crippen MR) is 59.6 cm³/mol. The van der Waals surface area contributed by atoms with Crippen LogP contribution in [0.5, 0.6) is 0 Å². The summed E-state index contributed by atoms with van der Waals surface area (Å²) in [6, 6.07) is 0.415. The molecule has 0 saturated heterocycles. The van der Waals surface area contributed by atoms with Gasteiger partial charge in [0.15, 0.2) is 0 Å². The van der Waals surface area contributed by atoms with E-state index in [9.17, 15) is 9.59 Å². The molecule has 0 spiro atoms. The Morgan fingerprint density at radius 1 is 1.13 bits per heavy atom. The molecule has 86 valence electrons. The minimum atomic E-state index is 0.0976. The molecule has 0 aromatic heterocycles. The predicted octanol–water partition coefficient (Wildman–Crippen LogP) is 2.15. The first kappa shape index (κ1) is 12.2. The fourth-order valence-electron chi connectivity index (χ4n) is 2.13. The van der Waals surface area contributed by atoms with Crippen molar-refractivity contribution in [3.8, 4) is 0 Å². The highest BCUT2D eigenvalue weighted by Crippen LogP contribution is 2.22. The molecule has 1 aliphatic carbocycles. The molecule has 1 rings (SSSR count). The zero-order valence-corrected chi connectivity index (χ0v) is 9.79. The molecule has 1 fully saturated rings. The van der Waals surface area contributed by atoms with Crippen LogP contribution in [0.3, 0.4) is 0 Å². The number of rotatable bonds is 4. The molecule has 3 nitrogen and oxygen atoms in total. The number of carbonyl (C=O) groups excluding carboxylic acids is 2. The molecule has 0 aliphatic heterocycles. The quantitative estimate of drug-likeness (QED) is 0.714. The van der Waals surface area contributed by atoms with Crippen molar-refractivity contribution in [2.75, 3.05) is 7.05 Å². The van der Waals surface area contributed by atoms with E-state index in [1.807, 2.05) is 11.9 Å². The topological polar surface area (TPSA) is 37.4 Å². The normalized spacial score (nSPS) is 17.5. The van der Waals surface area contributed by atoms with Gasteiger partial charge in [0.1, 0.15) is 5.78 Å². The van der Waals surface area contributed by atoms with E-state index in [-0.39, 0.29) is 11.7 Å². The highest BCUT2D eigenvalue weighted by atomic mass is 16.2. The third-order valence-corrected chi connectivity index (χ3v) is 3.21. The molecule has 0 bridgehead atoms. The van der Waals surface area contributed by atoms with Crippen LogP contribution in [0.2, 0.25) is 0 Å². The van der Waals surface area contributed by atoms with Gasteiger partial charge in [-0.05, 0) is 19.8 Å². The summed E-state index contributed by atoms with van der Waals surface area (Å²) in [6.45, 7) is 1.54. The lowest BCUT2D eigenvalue weighted by atomic mass is 9.94. The molecule has 0 aromatic carbocycles. The lowest BCUT2D eigenvalue weighted by Gasteiger charge is -2.31. The van der Waals surface area contributed by atoms with Crippen LogP contribution in [0.25, 0.3) is 0 Å². The Morgan fingerprint density at radius 2 is 1.73 bits per heavy atom. The number of Topliss-reactive ketones (excluding diaryl/α,β-unsaturated/α-hetero) is 1. The van der Waals surface area contributed by atoms with E-state index in [4.69, 9.17) is 0 Å². The summed E-state index contributed by atoms with van der Waals surface area (Å²) in [6.07, 6.45) is 6.78. The van der Waals surface area contributed by atoms with Crippen molar-refractivity contribution in [2.24, 2.45) is 0 Å². The highest BCUT2D eigenvalue weighted by molar-refractivity contribution is 5.83. The molecular weight excluding hydrogens is 190 g/mol. The van der Waals surface area contributed by atoms with Crippen molar-refractivity contribution in [3.05, 3.63) is 0 Å². The first-order valence-electron chi connectivity index (χ1n) is 5.86. The van der Waals surface area contributed by atoms with Crippen molar-refractivity contribution in [1.82, 2.24) is 4.90 Å². The standard InChI is InChI=1S/C12H21NO2/c1-10(14)8-9-12(15)13(2)11-6-4-3-5-7-11/h11H,3-9H2,1-2H3. The van der Waals surface area contributed by atoms with Crippen LogP contribution < -0.4 is 0 Å². The number of ketones is 1. The van der Waals surface area contributed by atoms with Gasteiger partial charge in [-0.15, -0.1) is 0 Å². The van der Waals surface area contributed by atoms with Crippen molar-refractivity contribution in [3.63, 3.8) is 0 Å². The number of nitrogens with zero attached hydrogens (tertiary/aromatic N) is 1. The van der Waals surface area contributed by atoms with Crippen LogP contribution in [0, 0.1) is 0 Å². The zero-order valence-electron chi connectivity index (χ0n) is 9.79. The summed E-state index contributed by atoms with van der Waals surface area (Å²) in [4.78, 5) is 24.3. The Morgan fingerprint density at radius 3 is 2.27 bits per heavy atom. The van der Waals surface area contributed by atoms with Gasteiger partial charge in [0.25, 0.3) is 0 Å². The van der Waals surface area contributed by atoms with Gasteiger partial charge in [-0.2, -0.15) is 0 Å². The highest BCUT2D eigenvalue weighted by Gasteiger charge is 2.21. The Kier molecular flexibility index (Phi) is 4.79. The summed E-state index contributed by atoms with van der Waals surface area (Å²) < 4.78 is 0. The maximum absolute atomic E-state index is 11.7. The van der Waals surface area contributed by atoms with E-state index in [1.165, 1.54) is 26.2 Å². The van der Waals surface area contributed by atoms with E-state index in [0.717, 1.165) is 12.8 Å². The Hall–Kier alpha value is -0.860. The Labute approximate surface area is 91.8 Å². The number of amides is 1. The molecule has 0 N–H and O–H groups in total. The Balaban J connectivity index is 2.33. The van der Waals surface area contributed by atoms with Crippen LogP contribution in [0.1, 0.15) is 51.9 Å². The van der Waals surface area contributed by atoms with E-state index in [2.05, 4.69) is 0 Å². The van der Waals surface area contributed by atoms with Crippen LogP contribution >= 0.6 is 0 Å². The molecular formula is C12H21NO2.